The first-order valence-electron chi connectivity index (χ1n) is 9.05. The van der Waals surface area contributed by atoms with E-state index in [1.54, 1.807) is 22.6 Å². The number of nitrogens with one attached hydrogen (secondary N) is 1. The third kappa shape index (κ3) is 2.92. The van der Waals surface area contributed by atoms with Gasteiger partial charge < -0.3 is 9.88 Å². The molecule has 1 N–H and O–H groups in total. The van der Waals surface area contributed by atoms with Crippen LogP contribution < -0.4 is 0 Å². The van der Waals surface area contributed by atoms with Crippen LogP contribution >= 0.6 is 11.3 Å². The second-order valence-corrected chi connectivity index (χ2v) is 8.42. The molecule has 0 saturated heterocycles. The number of para-hydroxylation sites is 1. The number of H-pyrrole nitrogens is 1. The summed E-state index contributed by atoms with van der Waals surface area (Å²) < 4.78 is 27.4. The van der Waals surface area contributed by atoms with E-state index in [1.165, 1.54) is 0 Å². The van der Waals surface area contributed by atoms with Crippen molar-refractivity contribution in [1.82, 2.24) is 19.9 Å². The lowest BCUT2D eigenvalue weighted by Gasteiger charge is -2.38. The van der Waals surface area contributed by atoms with Crippen LogP contribution in [0, 0.1) is 5.92 Å². The van der Waals surface area contributed by atoms with E-state index in [4.69, 9.17) is 4.98 Å². The molecule has 0 unspecified atom stereocenters. The number of carbonyl (C=O) groups is 1. The van der Waals surface area contributed by atoms with E-state index in [0.29, 0.717) is 13.0 Å². The number of rotatable bonds is 3. The summed E-state index contributed by atoms with van der Waals surface area (Å²) in [5, 5.41) is 0.816. The number of halogens is 2. The number of hydrogen-bond donors (Lipinski definition) is 1. The Bertz CT molecular complexity index is 973. The normalized spacial score (nSPS) is 21.9. The molecule has 0 radical (unpaired) electrons. The van der Waals surface area contributed by atoms with Crippen LogP contribution in [0.3, 0.4) is 0 Å². The molecule has 8 heteroatoms. The van der Waals surface area contributed by atoms with Gasteiger partial charge >= 0.3 is 0 Å². The number of thiazole rings is 1. The van der Waals surface area contributed by atoms with Gasteiger partial charge in [0.25, 0.3) is 0 Å². The van der Waals surface area contributed by atoms with Crippen LogP contribution in [0.25, 0.3) is 10.2 Å². The average Bonchev–Trinajstić information content (AvgIpc) is 3.25. The Balaban J connectivity index is 1.47. The van der Waals surface area contributed by atoms with E-state index in [-0.39, 0.29) is 37.1 Å². The van der Waals surface area contributed by atoms with Crippen molar-refractivity contribution in [2.45, 2.75) is 37.6 Å². The number of alkyl halides is 2. The van der Waals surface area contributed by atoms with Gasteiger partial charge in [0.05, 0.1) is 22.2 Å². The predicted molar refractivity (Wildman–Crippen MR) is 97.8 cm³/mol. The number of carbonyl (C=O) groups excluding carboxylic acids is 1. The number of imidazole rings is 1. The van der Waals surface area contributed by atoms with E-state index in [1.807, 2.05) is 24.3 Å². The lowest BCUT2D eigenvalue weighted by molar-refractivity contribution is -0.143. The van der Waals surface area contributed by atoms with E-state index in [0.717, 1.165) is 26.6 Å². The molecule has 5 rings (SSSR count). The van der Waals surface area contributed by atoms with Crippen molar-refractivity contribution in [1.29, 1.82) is 0 Å². The fourth-order valence-corrected chi connectivity index (χ4v) is 5.18. The minimum Gasteiger partial charge on any atom is -0.348 e. The summed E-state index contributed by atoms with van der Waals surface area (Å²) in [6, 6.07) is 7.50. The molecule has 2 aromatic heterocycles. The van der Waals surface area contributed by atoms with Crippen molar-refractivity contribution in [3.8, 4) is 0 Å². The minimum atomic E-state index is -2.60. The number of aromatic amines is 1. The molecule has 1 aliphatic carbocycles. The molecule has 1 amide bonds. The largest absolute Gasteiger partial charge is 0.348 e. The van der Waals surface area contributed by atoms with Crippen LogP contribution in [0.1, 0.15) is 41.7 Å². The van der Waals surface area contributed by atoms with Crippen molar-refractivity contribution in [2.24, 2.45) is 5.92 Å². The summed E-state index contributed by atoms with van der Waals surface area (Å²) in [6.45, 7) is 0.539. The van der Waals surface area contributed by atoms with Gasteiger partial charge in [0, 0.05) is 37.9 Å². The third-order valence-electron chi connectivity index (χ3n) is 5.43. The second-order valence-electron chi connectivity index (χ2n) is 7.36. The molecule has 140 valence electrons. The average molecular weight is 388 g/mol. The first kappa shape index (κ1) is 16.8. The lowest BCUT2D eigenvalue weighted by Crippen LogP contribution is -2.44. The molecule has 1 fully saturated rings. The number of amides is 1. The number of nitrogens with zero attached hydrogens (tertiary/aromatic N) is 3. The smallest absolute Gasteiger partial charge is 0.248 e. The minimum absolute atomic E-state index is 0.0894. The van der Waals surface area contributed by atoms with Gasteiger partial charge in [0.2, 0.25) is 11.8 Å². The Morgan fingerprint density at radius 3 is 2.93 bits per heavy atom. The number of hydrogen-bond acceptors (Lipinski definition) is 4. The van der Waals surface area contributed by atoms with Gasteiger partial charge in [0.1, 0.15) is 11.0 Å². The van der Waals surface area contributed by atoms with Crippen molar-refractivity contribution >= 4 is 27.5 Å². The summed E-state index contributed by atoms with van der Waals surface area (Å²) in [6.07, 6.45) is 2.11. The van der Waals surface area contributed by atoms with E-state index >= 15 is 0 Å². The zero-order valence-corrected chi connectivity index (χ0v) is 15.3. The van der Waals surface area contributed by atoms with Gasteiger partial charge in [-0.2, -0.15) is 0 Å². The van der Waals surface area contributed by atoms with Gasteiger partial charge in [-0.05, 0) is 18.1 Å². The van der Waals surface area contributed by atoms with Crippen LogP contribution in [-0.2, 0) is 11.2 Å². The van der Waals surface area contributed by atoms with Crippen molar-refractivity contribution in [3.63, 3.8) is 0 Å². The molecule has 5 nitrogen and oxygen atoms in total. The van der Waals surface area contributed by atoms with E-state index in [9.17, 15) is 13.6 Å². The van der Waals surface area contributed by atoms with Crippen molar-refractivity contribution in [2.75, 3.05) is 6.54 Å². The Morgan fingerprint density at radius 2 is 2.15 bits per heavy atom. The molecule has 3 aromatic rings. The first-order chi connectivity index (χ1) is 13.0. The SMILES string of the molecule is O=C(CC1CC(F)(F)C1)N1CCc2[nH]cnc2[C@H]1c1nc2ccccc2s1. The summed E-state index contributed by atoms with van der Waals surface area (Å²) in [5.41, 5.74) is 2.72. The van der Waals surface area contributed by atoms with Crippen LogP contribution in [0.15, 0.2) is 30.6 Å². The zero-order chi connectivity index (χ0) is 18.6. The molecule has 1 aliphatic heterocycles. The Morgan fingerprint density at radius 1 is 1.33 bits per heavy atom. The Kier molecular flexibility index (Phi) is 3.79. The highest BCUT2D eigenvalue weighted by Gasteiger charge is 2.47. The van der Waals surface area contributed by atoms with Crippen LogP contribution in [0.5, 0.6) is 0 Å². The van der Waals surface area contributed by atoms with Crippen molar-refractivity contribution < 1.29 is 13.6 Å². The fraction of sp³-hybridized carbons (Fsp3) is 0.421. The lowest BCUT2D eigenvalue weighted by atomic mass is 9.79. The zero-order valence-electron chi connectivity index (χ0n) is 14.5. The van der Waals surface area contributed by atoms with Gasteiger partial charge in [-0.1, -0.05) is 12.1 Å². The van der Waals surface area contributed by atoms with Gasteiger partial charge in [-0.25, -0.2) is 18.7 Å². The quantitative estimate of drug-likeness (QED) is 0.740. The fourth-order valence-electron chi connectivity index (χ4n) is 4.10. The predicted octanol–water partition coefficient (Wildman–Crippen LogP) is 3.93. The monoisotopic (exact) mass is 388 g/mol. The molecule has 2 aliphatic rings. The Hall–Kier alpha value is -2.35. The Labute approximate surface area is 158 Å². The number of aromatic nitrogens is 3. The molecule has 27 heavy (non-hydrogen) atoms. The number of benzene rings is 1. The molecule has 0 bridgehead atoms. The second kappa shape index (κ2) is 6.09. The summed E-state index contributed by atoms with van der Waals surface area (Å²) in [7, 11) is 0. The van der Waals surface area contributed by atoms with Gasteiger partial charge in [-0.3, -0.25) is 4.79 Å². The summed E-state index contributed by atoms with van der Waals surface area (Å²) in [4.78, 5) is 27.1. The summed E-state index contributed by atoms with van der Waals surface area (Å²) >= 11 is 1.55. The van der Waals surface area contributed by atoms with E-state index < -0.39 is 5.92 Å². The maximum Gasteiger partial charge on any atom is 0.248 e. The molecular formula is C19H18F2N4OS. The first-order valence-corrected chi connectivity index (χ1v) is 9.87. The van der Waals surface area contributed by atoms with Crippen LogP contribution in [-0.4, -0.2) is 38.2 Å². The molecule has 3 heterocycles. The molecular weight excluding hydrogens is 370 g/mol. The topological polar surface area (TPSA) is 61.9 Å². The molecule has 0 spiro atoms. The van der Waals surface area contributed by atoms with E-state index in [2.05, 4.69) is 9.97 Å². The number of fused-ring (bicyclic) bond motifs is 2. The molecule has 1 aromatic carbocycles. The maximum absolute atomic E-state index is 13.1. The van der Waals surface area contributed by atoms with Crippen LogP contribution in [0.2, 0.25) is 0 Å². The third-order valence-corrected chi connectivity index (χ3v) is 6.52. The van der Waals surface area contributed by atoms with Gasteiger partial charge in [0.15, 0.2) is 0 Å². The highest BCUT2D eigenvalue weighted by atomic mass is 32.1. The van der Waals surface area contributed by atoms with Gasteiger partial charge in [-0.15, -0.1) is 11.3 Å². The maximum atomic E-state index is 13.1. The highest BCUT2D eigenvalue weighted by molar-refractivity contribution is 7.18. The van der Waals surface area contributed by atoms with Crippen molar-refractivity contribution in [3.05, 3.63) is 47.0 Å². The molecule has 1 atom stereocenters. The molecule has 1 saturated carbocycles. The van der Waals surface area contributed by atoms with Crippen LogP contribution in [0.4, 0.5) is 8.78 Å². The highest BCUT2D eigenvalue weighted by Crippen LogP contribution is 2.45. The summed E-state index contributed by atoms with van der Waals surface area (Å²) in [5.74, 6) is -2.92. The standard InChI is InChI=1S/C19H18F2N4OS/c20-19(21)8-11(9-19)7-15(26)25-6-5-13-16(23-10-22-13)17(25)18-24-12-3-1-2-4-14(12)27-18/h1-4,10-11,17H,5-9H2,(H,22,23)/t17-/m0/s1.